The van der Waals surface area contributed by atoms with Crippen LogP contribution in [0.4, 0.5) is 0 Å². The van der Waals surface area contributed by atoms with Gasteiger partial charge in [-0.3, -0.25) is 4.79 Å². The van der Waals surface area contributed by atoms with Gasteiger partial charge in [-0.1, -0.05) is 44.2 Å². The SMILES string of the molecule is CC(C)CCN(C)C(=O)C(Cl)c1ccccc1. The van der Waals surface area contributed by atoms with Crippen molar-refractivity contribution >= 4 is 17.5 Å². The largest absolute Gasteiger partial charge is 0.344 e. The summed E-state index contributed by atoms with van der Waals surface area (Å²) in [4.78, 5) is 13.8. The monoisotopic (exact) mass is 253 g/mol. The van der Waals surface area contributed by atoms with Crippen molar-refractivity contribution < 1.29 is 4.79 Å². The summed E-state index contributed by atoms with van der Waals surface area (Å²) < 4.78 is 0. The Labute approximate surface area is 109 Å². The Bertz CT molecular complexity index is 350. The van der Waals surface area contributed by atoms with E-state index in [-0.39, 0.29) is 5.91 Å². The summed E-state index contributed by atoms with van der Waals surface area (Å²) in [5, 5.41) is -0.576. The fourth-order valence-electron chi connectivity index (χ4n) is 1.52. The number of amides is 1. The fourth-order valence-corrected chi connectivity index (χ4v) is 1.83. The Morgan fingerprint density at radius 3 is 2.41 bits per heavy atom. The van der Waals surface area contributed by atoms with E-state index in [4.69, 9.17) is 11.6 Å². The second kappa shape index (κ2) is 6.65. The molecule has 0 bridgehead atoms. The van der Waals surface area contributed by atoms with Crippen LogP contribution in [-0.2, 0) is 4.79 Å². The number of hydrogen-bond acceptors (Lipinski definition) is 1. The van der Waals surface area contributed by atoms with Crippen LogP contribution < -0.4 is 0 Å². The summed E-state index contributed by atoms with van der Waals surface area (Å²) in [7, 11) is 1.81. The summed E-state index contributed by atoms with van der Waals surface area (Å²) >= 11 is 6.18. The lowest BCUT2D eigenvalue weighted by atomic mass is 10.1. The molecule has 17 heavy (non-hydrogen) atoms. The van der Waals surface area contributed by atoms with Crippen LogP contribution in [0.15, 0.2) is 30.3 Å². The first kappa shape index (κ1) is 14.0. The molecule has 0 aliphatic heterocycles. The molecule has 2 nitrogen and oxygen atoms in total. The maximum absolute atomic E-state index is 12.0. The van der Waals surface area contributed by atoms with E-state index in [0.717, 1.165) is 18.5 Å². The third-order valence-corrected chi connectivity index (χ3v) is 3.17. The predicted molar refractivity (Wildman–Crippen MR) is 72.1 cm³/mol. The molecule has 1 aromatic rings. The van der Waals surface area contributed by atoms with Crippen LogP contribution in [0.5, 0.6) is 0 Å². The van der Waals surface area contributed by atoms with Crippen LogP contribution in [-0.4, -0.2) is 24.4 Å². The van der Waals surface area contributed by atoms with E-state index < -0.39 is 5.38 Å². The summed E-state index contributed by atoms with van der Waals surface area (Å²) in [5.41, 5.74) is 0.857. The Morgan fingerprint density at radius 1 is 1.29 bits per heavy atom. The summed E-state index contributed by atoms with van der Waals surface area (Å²) in [6.45, 7) is 5.05. The highest BCUT2D eigenvalue weighted by atomic mass is 35.5. The normalized spacial score (nSPS) is 12.5. The van der Waals surface area contributed by atoms with Crippen molar-refractivity contribution in [3.8, 4) is 0 Å². The van der Waals surface area contributed by atoms with Crippen LogP contribution >= 0.6 is 11.6 Å². The van der Waals surface area contributed by atoms with E-state index in [1.54, 1.807) is 4.90 Å². The number of alkyl halides is 1. The minimum absolute atomic E-state index is 0.0292. The van der Waals surface area contributed by atoms with Crippen molar-refractivity contribution in [1.29, 1.82) is 0 Å². The molecule has 0 radical (unpaired) electrons. The zero-order valence-electron chi connectivity index (χ0n) is 10.7. The molecule has 0 aromatic heterocycles. The Hall–Kier alpha value is -1.02. The van der Waals surface area contributed by atoms with Crippen LogP contribution in [0.1, 0.15) is 31.2 Å². The van der Waals surface area contributed by atoms with Crippen molar-refractivity contribution in [1.82, 2.24) is 4.90 Å². The molecule has 1 atom stereocenters. The van der Waals surface area contributed by atoms with Gasteiger partial charge in [0.2, 0.25) is 5.91 Å². The van der Waals surface area contributed by atoms with Crippen LogP contribution in [0.25, 0.3) is 0 Å². The maximum Gasteiger partial charge on any atom is 0.244 e. The molecule has 0 saturated carbocycles. The molecule has 1 amide bonds. The lowest BCUT2D eigenvalue weighted by molar-refractivity contribution is -0.129. The molecule has 0 heterocycles. The van der Waals surface area contributed by atoms with Gasteiger partial charge >= 0.3 is 0 Å². The van der Waals surface area contributed by atoms with E-state index in [1.807, 2.05) is 37.4 Å². The van der Waals surface area contributed by atoms with Gasteiger partial charge < -0.3 is 4.90 Å². The third kappa shape index (κ3) is 4.39. The van der Waals surface area contributed by atoms with Gasteiger partial charge in [-0.2, -0.15) is 0 Å². The quantitative estimate of drug-likeness (QED) is 0.736. The van der Waals surface area contributed by atoms with E-state index in [0.29, 0.717) is 5.92 Å². The average Bonchev–Trinajstić information content (AvgIpc) is 2.35. The first-order valence-electron chi connectivity index (χ1n) is 5.96. The van der Waals surface area contributed by atoms with Crippen LogP contribution in [0.3, 0.4) is 0 Å². The molecule has 1 unspecified atom stereocenters. The van der Waals surface area contributed by atoms with Crippen molar-refractivity contribution in [2.75, 3.05) is 13.6 Å². The lowest BCUT2D eigenvalue weighted by Crippen LogP contribution is -2.31. The second-order valence-corrected chi connectivity index (χ2v) is 5.15. The number of hydrogen-bond donors (Lipinski definition) is 0. The maximum atomic E-state index is 12.0. The van der Waals surface area contributed by atoms with Crippen LogP contribution in [0, 0.1) is 5.92 Å². The molecule has 1 aromatic carbocycles. The molecule has 94 valence electrons. The highest BCUT2D eigenvalue weighted by Crippen LogP contribution is 2.22. The number of carbonyl (C=O) groups is 1. The number of benzene rings is 1. The van der Waals surface area contributed by atoms with Gasteiger partial charge in [0.25, 0.3) is 0 Å². The van der Waals surface area contributed by atoms with Crippen LogP contribution in [0.2, 0.25) is 0 Å². The van der Waals surface area contributed by atoms with Gasteiger partial charge in [-0.15, -0.1) is 11.6 Å². The minimum atomic E-state index is -0.576. The molecule has 0 spiro atoms. The van der Waals surface area contributed by atoms with Crippen molar-refractivity contribution in [2.24, 2.45) is 5.92 Å². The van der Waals surface area contributed by atoms with E-state index in [1.165, 1.54) is 0 Å². The van der Waals surface area contributed by atoms with Gasteiger partial charge in [0, 0.05) is 13.6 Å². The average molecular weight is 254 g/mol. The summed E-state index contributed by atoms with van der Waals surface area (Å²) in [6, 6.07) is 9.47. The molecule has 3 heteroatoms. The van der Waals surface area contributed by atoms with Gasteiger partial charge in [0.05, 0.1) is 0 Å². The van der Waals surface area contributed by atoms with Gasteiger partial charge in [0.15, 0.2) is 0 Å². The smallest absolute Gasteiger partial charge is 0.244 e. The first-order valence-corrected chi connectivity index (χ1v) is 6.40. The molecular weight excluding hydrogens is 234 g/mol. The molecule has 1 rings (SSSR count). The fraction of sp³-hybridized carbons (Fsp3) is 0.500. The van der Waals surface area contributed by atoms with Gasteiger partial charge in [-0.25, -0.2) is 0 Å². The van der Waals surface area contributed by atoms with E-state index >= 15 is 0 Å². The lowest BCUT2D eigenvalue weighted by Gasteiger charge is -2.21. The topological polar surface area (TPSA) is 20.3 Å². The second-order valence-electron chi connectivity index (χ2n) is 4.72. The number of halogens is 1. The Morgan fingerprint density at radius 2 is 1.88 bits per heavy atom. The molecule has 0 fully saturated rings. The minimum Gasteiger partial charge on any atom is -0.344 e. The van der Waals surface area contributed by atoms with E-state index in [9.17, 15) is 4.79 Å². The summed E-state index contributed by atoms with van der Waals surface area (Å²) in [6.07, 6.45) is 1.00. The Kier molecular flexibility index (Phi) is 5.49. The molecule has 0 aliphatic rings. The third-order valence-electron chi connectivity index (χ3n) is 2.73. The first-order chi connectivity index (χ1) is 8.02. The van der Waals surface area contributed by atoms with Gasteiger partial charge in [0.1, 0.15) is 5.38 Å². The highest BCUT2D eigenvalue weighted by Gasteiger charge is 2.20. The highest BCUT2D eigenvalue weighted by molar-refractivity contribution is 6.30. The number of likely N-dealkylation sites (N-methyl/N-ethyl adjacent to an activating group) is 1. The van der Waals surface area contributed by atoms with Crippen molar-refractivity contribution in [3.63, 3.8) is 0 Å². The molecule has 0 N–H and O–H groups in total. The van der Waals surface area contributed by atoms with Crippen molar-refractivity contribution in [3.05, 3.63) is 35.9 Å². The standard InChI is InChI=1S/C14H20ClNO/c1-11(2)9-10-16(3)14(17)13(15)12-7-5-4-6-8-12/h4-8,11,13H,9-10H2,1-3H3. The zero-order chi connectivity index (χ0) is 12.8. The Balaban J connectivity index is 2.57. The molecule has 0 aliphatic carbocycles. The zero-order valence-corrected chi connectivity index (χ0v) is 11.4. The predicted octanol–water partition coefficient (Wildman–Crippen LogP) is 3.47. The number of nitrogens with zero attached hydrogens (tertiary/aromatic N) is 1. The molecular formula is C14H20ClNO. The number of carbonyl (C=O) groups excluding carboxylic acids is 1. The van der Waals surface area contributed by atoms with Gasteiger partial charge in [-0.05, 0) is 17.9 Å². The summed E-state index contributed by atoms with van der Waals surface area (Å²) in [5.74, 6) is 0.564. The number of rotatable bonds is 5. The van der Waals surface area contributed by atoms with E-state index in [2.05, 4.69) is 13.8 Å². The van der Waals surface area contributed by atoms with Crippen molar-refractivity contribution in [2.45, 2.75) is 25.6 Å². The molecule has 0 saturated heterocycles.